The normalized spacial score (nSPS) is 17.7. The number of halogens is 1. The fourth-order valence-electron chi connectivity index (χ4n) is 4.96. The van der Waals surface area contributed by atoms with Crippen LogP contribution in [0.1, 0.15) is 22.3 Å². The molecule has 2 atom stereocenters. The minimum Gasteiger partial charge on any atom is -0.368 e. The Balaban J connectivity index is 1.64. The van der Waals surface area contributed by atoms with Crippen LogP contribution < -0.4 is 4.90 Å². The van der Waals surface area contributed by atoms with E-state index in [9.17, 15) is 9.18 Å². The van der Waals surface area contributed by atoms with Crippen molar-refractivity contribution in [1.82, 2.24) is 0 Å². The number of hydrogen-bond donors (Lipinski definition) is 0. The molecule has 174 valence electrons. The third-order valence-electron chi connectivity index (χ3n) is 6.60. The van der Waals surface area contributed by atoms with Crippen molar-refractivity contribution in [2.24, 2.45) is 0 Å². The molecule has 0 radical (unpaired) electrons. The third-order valence-corrected chi connectivity index (χ3v) is 6.60. The first-order valence-electron chi connectivity index (χ1n) is 11.6. The number of carbonyl (C=O) groups excluding carboxylic acids is 1. The molecule has 4 heteroatoms. The van der Waals surface area contributed by atoms with Gasteiger partial charge in [-0.1, -0.05) is 97.1 Å². The molecule has 0 aromatic heterocycles. The topological polar surface area (TPSA) is 29.5 Å². The van der Waals surface area contributed by atoms with Crippen LogP contribution in [-0.2, 0) is 28.1 Å². The van der Waals surface area contributed by atoms with Gasteiger partial charge >= 0.3 is 0 Å². The molecule has 1 amide bonds. The van der Waals surface area contributed by atoms with E-state index in [1.54, 1.807) is 23.1 Å². The highest BCUT2D eigenvalue weighted by atomic mass is 19.1. The molecule has 3 nitrogen and oxygen atoms in total. The van der Waals surface area contributed by atoms with Crippen LogP contribution in [0.25, 0.3) is 0 Å². The van der Waals surface area contributed by atoms with Gasteiger partial charge in [0.25, 0.3) is 0 Å². The lowest BCUT2D eigenvalue weighted by molar-refractivity contribution is -0.126. The second-order valence-corrected chi connectivity index (χ2v) is 8.66. The predicted molar refractivity (Wildman–Crippen MR) is 136 cm³/mol. The van der Waals surface area contributed by atoms with E-state index in [2.05, 4.69) is 6.58 Å². The Bertz CT molecular complexity index is 1320. The van der Waals surface area contributed by atoms with E-state index < -0.39 is 11.5 Å². The number of benzene rings is 4. The fraction of sp³-hybridized carbons (Fsp3) is 0.129. The third kappa shape index (κ3) is 4.07. The largest absolute Gasteiger partial charge is 0.368 e. The number of amides is 1. The van der Waals surface area contributed by atoms with Gasteiger partial charge < -0.3 is 9.64 Å². The molecule has 0 spiro atoms. The molecule has 0 fully saturated rings. The fourth-order valence-corrected chi connectivity index (χ4v) is 4.96. The maximum Gasteiger partial charge on any atom is 0.245 e. The second-order valence-electron chi connectivity index (χ2n) is 8.66. The summed E-state index contributed by atoms with van der Waals surface area (Å²) in [6.07, 6.45) is 1.01. The van der Waals surface area contributed by atoms with Crippen LogP contribution >= 0.6 is 0 Å². The highest BCUT2D eigenvalue weighted by Crippen LogP contribution is 2.50. The van der Waals surface area contributed by atoms with Crippen LogP contribution in [0.5, 0.6) is 0 Å². The lowest BCUT2D eigenvalue weighted by Gasteiger charge is -2.35. The summed E-state index contributed by atoms with van der Waals surface area (Å²) < 4.78 is 20.4. The molecule has 0 saturated heterocycles. The van der Waals surface area contributed by atoms with Crippen molar-refractivity contribution in [1.29, 1.82) is 0 Å². The predicted octanol–water partition coefficient (Wildman–Crippen LogP) is 6.43. The van der Waals surface area contributed by atoms with Crippen LogP contribution in [-0.4, -0.2) is 12.0 Å². The van der Waals surface area contributed by atoms with Crippen molar-refractivity contribution in [3.63, 3.8) is 0 Å². The van der Waals surface area contributed by atoms with Crippen molar-refractivity contribution in [3.05, 3.63) is 150 Å². The Hall–Kier alpha value is -4.02. The van der Waals surface area contributed by atoms with Gasteiger partial charge in [0.1, 0.15) is 11.2 Å². The van der Waals surface area contributed by atoms with E-state index in [1.165, 1.54) is 12.1 Å². The first kappa shape index (κ1) is 22.8. The van der Waals surface area contributed by atoms with E-state index in [0.717, 1.165) is 22.4 Å². The molecule has 1 aliphatic heterocycles. The number of carbonyl (C=O) groups is 1. The Morgan fingerprint density at radius 3 is 2.09 bits per heavy atom. The molecule has 0 unspecified atom stereocenters. The Morgan fingerprint density at radius 2 is 1.43 bits per heavy atom. The number of para-hydroxylation sites is 1. The van der Waals surface area contributed by atoms with Crippen molar-refractivity contribution >= 4 is 11.6 Å². The van der Waals surface area contributed by atoms with Gasteiger partial charge in [-0.05, 0) is 40.5 Å². The molecule has 4 aromatic rings. The van der Waals surface area contributed by atoms with Crippen LogP contribution in [0.15, 0.2) is 122 Å². The standard InChI is InChI=1S/C31H26FNO2/c1-2-29(35-22-24-13-7-4-8-14-24)31(25-17-19-26(32)20-18-25)27-15-9-10-16-28(27)33(30(31)34)21-23-11-5-3-6-12-23/h2-20,29H,1,21-22H2/t29-,31-/m1/s1. The summed E-state index contributed by atoms with van der Waals surface area (Å²) in [6.45, 7) is 4.79. The van der Waals surface area contributed by atoms with Crippen LogP contribution in [0.4, 0.5) is 10.1 Å². The summed E-state index contributed by atoms with van der Waals surface area (Å²) >= 11 is 0. The van der Waals surface area contributed by atoms with Gasteiger partial charge in [-0.15, -0.1) is 6.58 Å². The van der Waals surface area contributed by atoms with Crippen LogP contribution in [0.2, 0.25) is 0 Å². The Kier molecular flexibility index (Phi) is 6.30. The highest BCUT2D eigenvalue weighted by molar-refractivity contribution is 6.11. The van der Waals surface area contributed by atoms with E-state index in [0.29, 0.717) is 18.7 Å². The van der Waals surface area contributed by atoms with Crippen LogP contribution in [0, 0.1) is 5.82 Å². The molecular weight excluding hydrogens is 437 g/mol. The van der Waals surface area contributed by atoms with E-state index in [-0.39, 0.29) is 11.7 Å². The van der Waals surface area contributed by atoms with Crippen molar-refractivity contribution in [3.8, 4) is 0 Å². The van der Waals surface area contributed by atoms with Crippen molar-refractivity contribution in [2.75, 3.05) is 4.90 Å². The smallest absolute Gasteiger partial charge is 0.245 e. The average molecular weight is 464 g/mol. The molecule has 0 N–H and O–H groups in total. The maximum atomic E-state index is 14.5. The number of anilines is 1. The summed E-state index contributed by atoms with van der Waals surface area (Å²) in [7, 11) is 0. The lowest BCUT2D eigenvalue weighted by Crippen LogP contribution is -2.49. The van der Waals surface area contributed by atoms with Gasteiger partial charge in [0.05, 0.1) is 19.3 Å². The first-order valence-corrected chi connectivity index (χ1v) is 11.6. The second kappa shape index (κ2) is 9.69. The van der Waals surface area contributed by atoms with Gasteiger partial charge in [0, 0.05) is 5.69 Å². The molecule has 0 saturated carbocycles. The summed E-state index contributed by atoms with van der Waals surface area (Å²) in [5.41, 5.74) is 3.13. The maximum absolute atomic E-state index is 14.5. The number of rotatable bonds is 8. The molecule has 0 bridgehead atoms. The highest BCUT2D eigenvalue weighted by Gasteiger charge is 2.56. The number of hydrogen-bond acceptors (Lipinski definition) is 2. The molecule has 4 aromatic carbocycles. The van der Waals surface area contributed by atoms with Gasteiger partial charge in [-0.2, -0.15) is 0 Å². The molecule has 1 aliphatic rings. The SMILES string of the molecule is C=C[C@@H](OCc1ccccc1)[C@]1(c2ccc(F)cc2)C(=O)N(Cc2ccccc2)c2ccccc21. The van der Waals surface area contributed by atoms with E-state index in [4.69, 9.17) is 4.74 Å². The lowest BCUT2D eigenvalue weighted by atomic mass is 9.71. The van der Waals surface area contributed by atoms with Crippen molar-refractivity contribution in [2.45, 2.75) is 24.7 Å². The zero-order valence-corrected chi connectivity index (χ0v) is 19.3. The van der Waals surface area contributed by atoms with E-state index >= 15 is 0 Å². The summed E-state index contributed by atoms with van der Waals surface area (Å²) in [4.78, 5) is 16.3. The van der Waals surface area contributed by atoms with Crippen molar-refractivity contribution < 1.29 is 13.9 Å². The molecule has 1 heterocycles. The molecule has 5 rings (SSSR count). The van der Waals surface area contributed by atoms with Gasteiger partial charge in [-0.25, -0.2) is 4.39 Å². The quantitative estimate of drug-likeness (QED) is 0.282. The monoisotopic (exact) mass is 463 g/mol. The molecule has 0 aliphatic carbocycles. The number of nitrogens with zero attached hydrogens (tertiary/aromatic N) is 1. The number of ether oxygens (including phenoxy) is 1. The summed E-state index contributed by atoms with van der Waals surface area (Å²) in [5.74, 6) is -0.476. The Labute approximate surface area is 205 Å². The zero-order valence-electron chi connectivity index (χ0n) is 19.3. The van der Waals surface area contributed by atoms with Gasteiger partial charge in [0.15, 0.2) is 0 Å². The zero-order chi connectivity index (χ0) is 24.3. The minimum atomic E-state index is -1.20. The first-order chi connectivity index (χ1) is 17.1. The minimum absolute atomic E-state index is 0.118. The van der Waals surface area contributed by atoms with Crippen LogP contribution in [0.3, 0.4) is 0 Å². The Morgan fingerprint density at radius 1 is 0.829 bits per heavy atom. The average Bonchev–Trinajstić information content (AvgIpc) is 3.15. The molecular formula is C31H26FNO2. The molecule has 35 heavy (non-hydrogen) atoms. The van der Waals surface area contributed by atoms with E-state index in [1.807, 2.05) is 84.9 Å². The van der Waals surface area contributed by atoms with Gasteiger partial charge in [0.2, 0.25) is 5.91 Å². The summed E-state index contributed by atoms with van der Waals surface area (Å²) in [5, 5.41) is 0. The number of fused-ring (bicyclic) bond motifs is 1. The van der Waals surface area contributed by atoms with Gasteiger partial charge in [-0.3, -0.25) is 4.79 Å². The summed E-state index contributed by atoms with van der Waals surface area (Å²) in [6, 6.07) is 33.6.